The van der Waals surface area contributed by atoms with Crippen molar-refractivity contribution in [3.63, 3.8) is 0 Å². The summed E-state index contributed by atoms with van der Waals surface area (Å²) < 4.78 is 32.3. The Hall–Kier alpha value is -2.28. The van der Waals surface area contributed by atoms with E-state index in [4.69, 9.17) is 14.2 Å². The van der Waals surface area contributed by atoms with E-state index in [0.29, 0.717) is 22.6 Å². The molecule has 10 nitrogen and oxygen atoms in total. The van der Waals surface area contributed by atoms with E-state index in [1.807, 2.05) is 0 Å². The molecule has 5 N–H and O–H groups in total. The summed E-state index contributed by atoms with van der Waals surface area (Å²) >= 11 is 0. The van der Waals surface area contributed by atoms with Gasteiger partial charge in [0.05, 0.1) is 19.8 Å². The number of aliphatic hydroxyl groups is 5. The van der Waals surface area contributed by atoms with Gasteiger partial charge in [-0.25, -0.2) is 4.39 Å². The Morgan fingerprint density at radius 1 is 1.24 bits per heavy atom. The predicted molar refractivity (Wildman–Crippen MR) is 111 cm³/mol. The van der Waals surface area contributed by atoms with E-state index in [9.17, 15) is 29.9 Å². The molecular weight excluding hydrogens is 439 g/mol. The first-order chi connectivity index (χ1) is 15.7. The van der Waals surface area contributed by atoms with Crippen LogP contribution in [0.2, 0.25) is 0 Å². The normalized spacial score (nSPS) is 30.2. The second kappa shape index (κ2) is 9.16. The first-order valence-electron chi connectivity index (χ1n) is 10.8. The third kappa shape index (κ3) is 4.32. The molecule has 33 heavy (non-hydrogen) atoms. The van der Waals surface area contributed by atoms with Crippen LogP contribution in [0.15, 0.2) is 18.2 Å². The number of benzene rings is 1. The van der Waals surface area contributed by atoms with Crippen molar-refractivity contribution in [1.82, 2.24) is 9.78 Å². The van der Waals surface area contributed by atoms with E-state index >= 15 is 0 Å². The lowest BCUT2D eigenvalue weighted by molar-refractivity contribution is -0.423. The van der Waals surface area contributed by atoms with Gasteiger partial charge in [0, 0.05) is 23.7 Å². The molecule has 0 spiro atoms. The van der Waals surface area contributed by atoms with E-state index in [1.165, 1.54) is 13.2 Å². The van der Waals surface area contributed by atoms with Gasteiger partial charge < -0.3 is 39.7 Å². The molecule has 1 aromatic heterocycles. The van der Waals surface area contributed by atoms with Crippen LogP contribution in [-0.4, -0.2) is 79.4 Å². The fourth-order valence-electron chi connectivity index (χ4n) is 4.13. The highest BCUT2D eigenvalue weighted by Crippen LogP contribution is 2.38. The van der Waals surface area contributed by atoms with Gasteiger partial charge in [0.1, 0.15) is 29.9 Å². The van der Waals surface area contributed by atoms with Gasteiger partial charge >= 0.3 is 5.97 Å². The highest BCUT2D eigenvalue weighted by atomic mass is 19.1. The van der Waals surface area contributed by atoms with E-state index in [2.05, 4.69) is 5.10 Å². The Morgan fingerprint density at radius 3 is 2.55 bits per heavy atom. The molecule has 182 valence electrons. The van der Waals surface area contributed by atoms with E-state index in [1.54, 1.807) is 23.7 Å². The summed E-state index contributed by atoms with van der Waals surface area (Å²) in [4.78, 5) is 0. The molecule has 0 radical (unpaired) electrons. The molecule has 0 bridgehead atoms. The van der Waals surface area contributed by atoms with E-state index in [-0.39, 0.29) is 18.3 Å². The summed E-state index contributed by atoms with van der Waals surface area (Å²) in [5.41, 5.74) is 1.48. The SMILES string of the molecule is COc1ccc(Cc2c(OC3(O)O[C@H](CO)[C@@H](O)[C@@H](O)[C@H]3O)nn(C3CCC3)c2C)c(F)c1. The van der Waals surface area contributed by atoms with Gasteiger partial charge in [-0.15, -0.1) is 5.10 Å². The van der Waals surface area contributed by atoms with Crippen LogP contribution in [0, 0.1) is 12.7 Å². The maximum absolute atomic E-state index is 14.7. The van der Waals surface area contributed by atoms with Crippen molar-refractivity contribution < 1.29 is 44.1 Å². The summed E-state index contributed by atoms with van der Waals surface area (Å²) in [5.74, 6) is -3.05. The van der Waals surface area contributed by atoms with Crippen LogP contribution >= 0.6 is 0 Å². The first kappa shape index (κ1) is 23.9. The maximum atomic E-state index is 14.7. The fraction of sp³-hybridized carbons (Fsp3) is 0.591. The van der Waals surface area contributed by atoms with Crippen molar-refractivity contribution in [2.45, 2.75) is 69.0 Å². The minimum absolute atomic E-state index is 0.0600. The number of hydrogen-bond donors (Lipinski definition) is 5. The second-order valence-corrected chi connectivity index (χ2v) is 8.53. The molecule has 4 rings (SSSR count). The number of halogens is 1. The molecule has 2 fully saturated rings. The molecule has 1 aliphatic carbocycles. The Balaban J connectivity index is 1.70. The molecule has 2 aromatic rings. The molecule has 0 amide bonds. The van der Waals surface area contributed by atoms with Crippen molar-refractivity contribution in [1.29, 1.82) is 0 Å². The van der Waals surface area contributed by atoms with Crippen LogP contribution in [0.25, 0.3) is 0 Å². The summed E-state index contributed by atoms with van der Waals surface area (Å²) in [7, 11) is 1.44. The average molecular weight is 468 g/mol. The number of methoxy groups -OCH3 is 1. The van der Waals surface area contributed by atoms with Crippen LogP contribution in [0.3, 0.4) is 0 Å². The Morgan fingerprint density at radius 2 is 1.97 bits per heavy atom. The quantitative estimate of drug-likeness (QED) is 0.358. The minimum atomic E-state index is -2.80. The summed E-state index contributed by atoms with van der Waals surface area (Å²) in [6.45, 7) is 1.06. The lowest BCUT2D eigenvalue weighted by atomic mass is 9.93. The number of rotatable bonds is 7. The van der Waals surface area contributed by atoms with E-state index < -0.39 is 42.8 Å². The number of ether oxygens (including phenoxy) is 3. The molecule has 2 heterocycles. The van der Waals surface area contributed by atoms with Crippen molar-refractivity contribution in [2.24, 2.45) is 0 Å². The molecule has 1 saturated heterocycles. The monoisotopic (exact) mass is 468 g/mol. The molecule has 1 aliphatic heterocycles. The molecule has 1 unspecified atom stereocenters. The Labute approximate surface area is 189 Å². The van der Waals surface area contributed by atoms with Crippen LogP contribution < -0.4 is 9.47 Å². The first-order valence-corrected chi connectivity index (χ1v) is 10.8. The lowest BCUT2D eigenvalue weighted by Gasteiger charge is -2.43. The van der Waals surface area contributed by atoms with Crippen LogP contribution in [0.1, 0.15) is 42.1 Å². The van der Waals surface area contributed by atoms with Gasteiger partial charge in [0.25, 0.3) is 0 Å². The van der Waals surface area contributed by atoms with Crippen LogP contribution in [-0.2, 0) is 11.2 Å². The standard InChI is InChI=1S/C22H29FN2O8/c1-11-15(8-12-6-7-14(31-2)9-16(12)23)21(24-25(11)13-4-3-5-13)33-22(30)20(29)19(28)18(27)17(10-26)32-22/h6-7,9,13,17-20,26-30H,3-5,8,10H2,1-2H3/t17-,18-,19-,20-,22?/m1/s1. The molecule has 1 saturated carbocycles. The number of aliphatic hydroxyl groups excluding tert-OH is 4. The Bertz CT molecular complexity index is 995. The third-order valence-corrected chi connectivity index (χ3v) is 6.46. The van der Waals surface area contributed by atoms with Gasteiger partial charge in [-0.1, -0.05) is 6.07 Å². The average Bonchev–Trinajstić information content (AvgIpc) is 3.04. The van der Waals surface area contributed by atoms with Gasteiger partial charge in [-0.2, -0.15) is 0 Å². The highest BCUT2D eigenvalue weighted by molar-refractivity contribution is 5.39. The summed E-state index contributed by atoms with van der Waals surface area (Å²) in [6, 6.07) is 4.56. The number of aromatic nitrogens is 2. The summed E-state index contributed by atoms with van der Waals surface area (Å²) in [6.07, 6.45) is -4.06. The van der Waals surface area contributed by atoms with Gasteiger partial charge in [0.15, 0.2) is 6.10 Å². The van der Waals surface area contributed by atoms with Crippen LogP contribution in [0.5, 0.6) is 11.6 Å². The van der Waals surface area contributed by atoms with Gasteiger partial charge in [0.2, 0.25) is 5.88 Å². The topological polar surface area (TPSA) is 147 Å². The second-order valence-electron chi connectivity index (χ2n) is 8.53. The lowest BCUT2D eigenvalue weighted by Crippen LogP contribution is -2.67. The highest BCUT2D eigenvalue weighted by Gasteiger charge is 2.55. The number of nitrogens with zero attached hydrogens (tertiary/aromatic N) is 2. The molecule has 11 heteroatoms. The third-order valence-electron chi connectivity index (χ3n) is 6.46. The van der Waals surface area contributed by atoms with Crippen LogP contribution in [0.4, 0.5) is 4.39 Å². The largest absolute Gasteiger partial charge is 0.497 e. The molecule has 2 aliphatic rings. The zero-order valence-corrected chi connectivity index (χ0v) is 18.4. The van der Waals surface area contributed by atoms with E-state index in [0.717, 1.165) is 19.3 Å². The van der Waals surface area contributed by atoms with Crippen molar-refractivity contribution in [3.8, 4) is 11.6 Å². The maximum Gasteiger partial charge on any atom is 0.356 e. The van der Waals surface area contributed by atoms with Gasteiger partial charge in [-0.05, 0) is 37.8 Å². The molecule has 1 aromatic carbocycles. The zero-order chi connectivity index (χ0) is 23.9. The zero-order valence-electron chi connectivity index (χ0n) is 18.4. The van der Waals surface area contributed by atoms with Crippen molar-refractivity contribution in [2.75, 3.05) is 13.7 Å². The fourth-order valence-corrected chi connectivity index (χ4v) is 4.13. The van der Waals surface area contributed by atoms with Gasteiger partial charge in [-0.3, -0.25) is 4.68 Å². The smallest absolute Gasteiger partial charge is 0.356 e. The summed E-state index contributed by atoms with van der Waals surface area (Å²) in [5, 5.41) is 55.2. The molecule has 5 atom stereocenters. The Kier molecular flexibility index (Phi) is 6.63. The van der Waals surface area contributed by atoms with Crippen molar-refractivity contribution >= 4 is 0 Å². The predicted octanol–water partition coefficient (Wildman–Crippen LogP) is 0.154. The number of hydrogen-bond acceptors (Lipinski definition) is 9. The minimum Gasteiger partial charge on any atom is -0.497 e. The molecular formula is C22H29FN2O8. The van der Waals surface area contributed by atoms with Crippen molar-refractivity contribution in [3.05, 3.63) is 40.8 Å².